The van der Waals surface area contributed by atoms with Crippen LogP contribution in [0.5, 0.6) is 0 Å². The summed E-state index contributed by atoms with van der Waals surface area (Å²) in [6.07, 6.45) is 0.373. The smallest absolute Gasteiger partial charge is 0.326 e. The second kappa shape index (κ2) is 6.47. The van der Waals surface area contributed by atoms with Crippen LogP contribution in [-0.2, 0) is 4.79 Å². The first-order valence-electron chi connectivity index (χ1n) is 5.95. The van der Waals surface area contributed by atoms with E-state index < -0.39 is 18.0 Å². The molecule has 100 valence electrons. The molecule has 0 saturated carbocycles. The van der Waals surface area contributed by atoms with Crippen molar-refractivity contribution in [2.45, 2.75) is 47.1 Å². The van der Waals surface area contributed by atoms with E-state index in [9.17, 15) is 9.59 Å². The van der Waals surface area contributed by atoms with Crippen molar-refractivity contribution in [1.82, 2.24) is 10.6 Å². The molecule has 0 saturated heterocycles. The minimum atomic E-state index is -1.01. The molecular weight excluding hydrogens is 220 g/mol. The van der Waals surface area contributed by atoms with Crippen molar-refractivity contribution >= 4 is 12.0 Å². The number of rotatable bonds is 5. The standard InChI is InChI=1S/C12H24N2O3/c1-6-9(10(15)16)14-11(17)13-7-8(2)12(3,4)5/h8-9H,6-7H2,1-5H3,(H,15,16)(H2,13,14,17). The fraction of sp³-hybridized carbons (Fsp3) is 0.833. The average molecular weight is 244 g/mol. The minimum Gasteiger partial charge on any atom is -0.480 e. The van der Waals surface area contributed by atoms with Crippen molar-refractivity contribution in [1.29, 1.82) is 0 Å². The molecule has 0 aromatic heterocycles. The Hall–Kier alpha value is -1.26. The van der Waals surface area contributed by atoms with Crippen LogP contribution in [0.25, 0.3) is 0 Å². The van der Waals surface area contributed by atoms with Gasteiger partial charge in [-0.25, -0.2) is 9.59 Å². The number of carbonyl (C=O) groups excluding carboxylic acids is 1. The lowest BCUT2D eigenvalue weighted by Crippen LogP contribution is -2.47. The summed E-state index contributed by atoms with van der Waals surface area (Å²) in [5.74, 6) is -0.690. The van der Waals surface area contributed by atoms with Crippen LogP contribution in [0.15, 0.2) is 0 Å². The lowest BCUT2D eigenvalue weighted by atomic mass is 9.82. The van der Waals surface area contributed by atoms with Crippen molar-refractivity contribution in [2.75, 3.05) is 6.54 Å². The zero-order valence-corrected chi connectivity index (χ0v) is 11.3. The predicted octanol–water partition coefficient (Wildman–Crippen LogP) is 1.83. The molecule has 0 aromatic rings. The van der Waals surface area contributed by atoms with Crippen LogP contribution >= 0.6 is 0 Å². The Morgan fingerprint density at radius 3 is 2.18 bits per heavy atom. The van der Waals surface area contributed by atoms with E-state index in [0.717, 1.165) is 0 Å². The van der Waals surface area contributed by atoms with Gasteiger partial charge < -0.3 is 15.7 Å². The normalized spacial score (nSPS) is 14.9. The summed E-state index contributed by atoms with van der Waals surface area (Å²) >= 11 is 0. The molecule has 2 amide bonds. The van der Waals surface area contributed by atoms with Gasteiger partial charge in [0.2, 0.25) is 0 Å². The summed E-state index contributed by atoms with van der Waals surface area (Å²) in [5.41, 5.74) is 0.115. The second-order valence-corrected chi connectivity index (χ2v) is 5.42. The number of carboxylic acids is 1. The number of aliphatic carboxylic acids is 1. The molecule has 0 aromatic carbocycles. The van der Waals surface area contributed by atoms with Gasteiger partial charge in [-0.3, -0.25) is 0 Å². The molecule has 0 bridgehead atoms. The summed E-state index contributed by atoms with van der Waals surface area (Å²) in [5, 5.41) is 13.9. The van der Waals surface area contributed by atoms with Crippen molar-refractivity contribution in [3.63, 3.8) is 0 Å². The van der Waals surface area contributed by atoms with Gasteiger partial charge in [0.25, 0.3) is 0 Å². The van der Waals surface area contributed by atoms with Gasteiger partial charge in [-0.05, 0) is 17.8 Å². The Morgan fingerprint density at radius 2 is 1.82 bits per heavy atom. The molecule has 0 rings (SSSR count). The fourth-order valence-corrected chi connectivity index (χ4v) is 1.10. The maximum absolute atomic E-state index is 11.5. The van der Waals surface area contributed by atoms with Gasteiger partial charge in [-0.15, -0.1) is 0 Å². The summed E-state index contributed by atoms with van der Waals surface area (Å²) in [4.78, 5) is 22.2. The Bertz CT molecular complexity index is 271. The number of urea groups is 1. The SMILES string of the molecule is CCC(NC(=O)NCC(C)C(C)(C)C)C(=O)O. The molecule has 2 atom stereocenters. The van der Waals surface area contributed by atoms with E-state index >= 15 is 0 Å². The molecule has 0 aliphatic rings. The van der Waals surface area contributed by atoms with Gasteiger partial charge >= 0.3 is 12.0 Å². The topological polar surface area (TPSA) is 78.4 Å². The second-order valence-electron chi connectivity index (χ2n) is 5.42. The summed E-state index contributed by atoms with van der Waals surface area (Å²) < 4.78 is 0. The molecule has 17 heavy (non-hydrogen) atoms. The summed E-state index contributed by atoms with van der Waals surface area (Å²) in [6.45, 7) is 10.6. The minimum absolute atomic E-state index is 0.115. The Balaban J connectivity index is 4.07. The highest BCUT2D eigenvalue weighted by Gasteiger charge is 2.21. The highest BCUT2D eigenvalue weighted by Crippen LogP contribution is 2.24. The molecule has 3 N–H and O–H groups in total. The van der Waals surface area contributed by atoms with Gasteiger partial charge in [-0.2, -0.15) is 0 Å². The van der Waals surface area contributed by atoms with Crippen molar-refractivity contribution in [3.05, 3.63) is 0 Å². The molecule has 0 radical (unpaired) electrons. The zero-order chi connectivity index (χ0) is 13.6. The predicted molar refractivity (Wildman–Crippen MR) is 66.9 cm³/mol. The van der Waals surface area contributed by atoms with Gasteiger partial charge in [0.1, 0.15) is 6.04 Å². The van der Waals surface area contributed by atoms with Gasteiger partial charge in [0.05, 0.1) is 0 Å². The Kier molecular flexibility index (Phi) is 5.99. The van der Waals surface area contributed by atoms with Gasteiger partial charge in [0, 0.05) is 6.54 Å². The molecule has 5 nitrogen and oxygen atoms in total. The summed E-state index contributed by atoms with van der Waals surface area (Å²) in [6, 6.07) is -1.24. The van der Waals surface area contributed by atoms with Crippen LogP contribution in [0.1, 0.15) is 41.0 Å². The first kappa shape index (κ1) is 15.7. The third kappa shape index (κ3) is 6.14. The lowest BCUT2D eigenvalue weighted by molar-refractivity contribution is -0.139. The molecule has 0 aliphatic carbocycles. The summed E-state index contributed by atoms with van der Waals surface area (Å²) in [7, 11) is 0. The van der Waals surface area contributed by atoms with Crippen molar-refractivity contribution in [2.24, 2.45) is 11.3 Å². The van der Waals surface area contributed by atoms with Crippen molar-refractivity contribution in [3.8, 4) is 0 Å². The number of amides is 2. The van der Waals surface area contributed by atoms with E-state index in [0.29, 0.717) is 18.9 Å². The van der Waals surface area contributed by atoms with Crippen LogP contribution in [-0.4, -0.2) is 29.7 Å². The van der Waals surface area contributed by atoms with Crippen LogP contribution in [0.3, 0.4) is 0 Å². The zero-order valence-electron chi connectivity index (χ0n) is 11.3. The largest absolute Gasteiger partial charge is 0.480 e. The quantitative estimate of drug-likeness (QED) is 0.690. The van der Waals surface area contributed by atoms with E-state index in [1.54, 1.807) is 6.92 Å². The maximum atomic E-state index is 11.5. The number of hydrogen-bond donors (Lipinski definition) is 3. The van der Waals surface area contributed by atoms with E-state index in [-0.39, 0.29) is 5.41 Å². The monoisotopic (exact) mass is 244 g/mol. The highest BCUT2D eigenvalue weighted by atomic mass is 16.4. The van der Waals surface area contributed by atoms with E-state index in [1.807, 2.05) is 0 Å². The number of carbonyl (C=O) groups is 2. The number of hydrogen-bond acceptors (Lipinski definition) is 2. The maximum Gasteiger partial charge on any atom is 0.326 e. The van der Waals surface area contributed by atoms with E-state index in [1.165, 1.54) is 0 Å². The van der Waals surface area contributed by atoms with Crippen LogP contribution < -0.4 is 10.6 Å². The van der Waals surface area contributed by atoms with E-state index in [2.05, 4.69) is 38.3 Å². The molecule has 2 unspecified atom stereocenters. The molecular formula is C12H24N2O3. The lowest BCUT2D eigenvalue weighted by Gasteiger charge is -2.27. The van der Waals surface area contributed by atoms with Crippen LogP contribution in [0.4, 0.5) is 4.79 Å². The first-order valence-corrected chi connectivity index (χ1v) is 5.95. The highest BCUT2D eigenvalue weighted by molar-refractivity contribution is 5.82. The number of carboxylic acid groups (broad SMARTS) is 1. The van der Waals surface area contributed by atoms with Crippen LogP contribution in [0, 0.1) is 11.3 Å². The Morgan fingerprint density at radius 1 is 1.29 bits per heavy atom. The van der Waals surface area contributed by atoms with Gasteiger partial charge in [0.15, 0.2) is 0 Å². The first-order chi connectivity index (χ1) is 7.68. The third-order valence-electron chi connectivity index (χ3n) is 3.06. The number of nitrogens with one attached hydrogen (secondary N) is 2. The van der Waals surface area contributed by atoms with Crippen molar-refractivity contribution < 1.29 is 14.7 Å². The average Bonchev–Trinajstić information content (AvgIpc) is 2.20. The fourth-order valence-electron chi connectivity index (χ4n) is 1.10. The molecule has 5 heteroatoms. The Labute approximate surface area is 103 Å². The van der Waals surface area contributed by atoms with E-state index in [4.69, 9.17) is 5.11 Å². The van der Waals surface area contributed by atoms with Gasteiger partial charge in [-0.1, -0.05) is 34.6 Å². The molecule has 0 fully saturated rings. The van der Waals surface area contributed by atoms with Crippen LogP contribution in [0.2, 0.25) is 0 Å². The molecule has 0 heterocycles. The molecule has 0 spiro atoms. The molecule has 0 aliphatic heterocycles. The third-order valence-corrected chi connectivity index (χ3v) is 3.06.